The minimum Gasteiger partial charge on any atom is -0.197 e. The van der Waals surface area contributed by atoms with E-state index in [1.54, 1.807) is 0 Å². The van der Waals surface area contributed by atoms with Crippen LogP contribution in [0.5, 0.6) is 0 Å². The standard InChI is InChI=1S/C11H15N/c1-9(2)10-4-6-11(3,8-12)7-5-10/h4-6,9H,7H2,1-3H3. The zero-order valence-electron chi connectivity index (χ0n) is 7.96. The van der Waals surface area contributed by atoms with Crippen molar-refractivity contribution in [2.75, 3.05) is 0 Å². The third kappa shape index (κ3) is 1.76. The van der Waals surface area contributed by atoms with Crippen LogP contribution >= 0.6 is 0 Å². The molecule has 0 saturated heterocycles. The van der Waals surface area contributed by atoms with E-state index in [9.17, 15) is 0 Å². The van der Waals surface area contributed by atoms with Gasteiger partial charge in [0.2, 0.25) is 0 Å². The lowest BCUT2D eigenvalue weighted by atomic mass is 9.81. The van der Waals surface area contributed by atoms with Gasteiger partial charge >= 0.3 is 0 Å². The molecule has 0 bridgehead atoms. The number of hydrogen-bond acceptors (Lipinski definition) is 1. The molecule has 0 aromatic carbocycles. The van der Waals surface area contributed by atoms with Crippen LogP contribution in [0.1, 0.15) is 27.2 Å². The van der Waals surface area contributed by atoms with Gasteiger partial charge in [-0.2, -0.15) is 5.26 Å². The Hall–Kier alpha value is -1.03. The quantitative estimate of drug-likeness (QED) is 0.579. The van der Waals surface area contributed by atoms with E-state index in [0.717, 1.165) is 6.42 Å². The van der Waals surface area contributed by atoms with E-state index in [4.69, 9.17) is 5.26 Å². The average Bonchev–Trinajstić information content (AvgIpc) is 2.05. The van der Waals surface area contributed by atoms with Crippen molar-refractivity contribution < 1.29 is 0 Å². The van der Waals surface area contributed by atoms with Gasteiger partial charge in [-0.25, -0.2) is 0 Å². The molecular weight excluding hydrogens is 146 g/mol. The van der Waals surface area contributed by atoms with Crippen molar-refractivity contribution >= 4 is 0 Å². The van der Waals surface area contributed by atoms with E-state index in [0.29, 0.717) is 5.92 Å². The molecule has 0 fully saturated rings. The Morgan fingerprint density at radius 1 is 1.58 bits per heavy atom. The van der Waals surface area contributed by atoms with Crippen molar-refractivity contribution in [1.82, 2.24) is 0 Å². The highest BCUT2D eigenvalue weighted by Crippen LogP contribution is 2.30. The van der Waals surface area contributed by atoms with Crippen LogP contribution in [0.3, 0.4) is 0 Å². The summed E-state index contributed by atoms with van der Waals surface area (Å²) >= 11 is 0. The molecule has 1 rings (SSSR count). The van der Waals surface area contributed by atoms with Crippen molar-refractivity contribution in [3.05, 3.63) is 23.8 Å². The molecule has 0 aliphatic heterocycles. The van der Waals surface area contributed by atoms with Gasteiger partial charge in [0.15, 0.2) is 0 Å². The molecule has 0 heterocycles. The van der Waals surface area contributed by atoms with Gasteiger partial charge in [-0.05, 0) is 24.8 Å². The summed E-state index contributed by atoms with van der Waals surface area (Å²) in [5.41, 5.74) is 1.08. The molecule has 0 amide bonds. The Morgan fingerprint density at radius 3 is 2.58 bits per heavy atom. The van der Waals surface area contributed by atoms with E-state index in [-0.39, 0.29) is 5.41 Å². The molecule has 0 spiro atoms. The second kappa shape index (κ2) is 3.15. The number of rotatable bonds is 1. The smallest absolute Gasteiger partial charge is 0.0763 e. The summed E-state index contributed by atoms with van der Waals surface area (Å²) in [5.74, 6) is 0.574. The first-order chi connectivity index (χ1) is 5.57. The molecular formula is C11H15N. The molecule has 0 N–H and O–H groups in total. The molecule has 1 atom stereocenters. The van der Waals surface area contributed by atoms with Crippen LogP contribution in [0.15, 0.2) is 23.8 Å². The molecule has 0 aromatic rings. The summed E-state index contributed by atoms with van der Waals surface area (Å²) in [6.07, 6.45) is 7.13. The molecule has 1 unspecified atom stereocenters. The van der Waals surface area contributed by atoms with Crippen LogP contribution in [0.25, 0.3) is 0 Å². The minimum atomic E-state index is -0.265. The highest BCUT2D eigenvalue weighted by Gasteiger charge is 2.21. The van der Waals surface area contributed by atoms with Gasteiger partial charge < -0.3 is 0 Å². The van der Waals surface area contributed by atoms with Crippen molar-refractivity contribution in [3.63, 3.8) is 0 Å². The number of hydrogen-bond donors (Lipinski definition) is 0. The van der Waals surface area contributed by atoms with Crippen LogP contribution in [0.4, 0.5) is 0 Å². The summed E-state index contributed by atoms with van der Waals surface area (Å²) in [6, 6.07) is 2.31. The fourth-order valence-electron chi connectivity index (χ4n) is 1.26. The zero-order valence-corrected chi connectivity index (χ0v) is 7.96. The Bertz CT molecular complexity index is 265. The van der Waals surface area contributed by atoms with Crippen LogP contribution in [0.2, 0.25) is 0 Å². The first-order valence-electron chi connectivity index (χ1n) is 4.38. The molecule has 0 radical (unpaired) electrons. The van der Waals surface area contributed by atoms with Gasteiger partial charge in [-0.15, -0.1) is 0 Å². The molecule has 1 nitrogen and oxygen atoms in total. The third-order valence-electron chi connectivity index (χ3n) is 2.33. The maximum Gasteiger partial charge on any atom is 0.0763 e. The Labute approximate surface area is 74.4 Å². The van der Waals surface area contributed by atoms with Crippen molar-refractivity contribution in [3.8, 4) is 6.07 Å². The molecule has 1 aliphatic rings. The van der Waals surface area contributed by atoms with Gasteiger partial charge in [-0.1, -0.05) is 32.1 Å². The predicted octanol–water partition coefficient (Wildman–Crippen LogP) is 3.06. The van der Waals surface area contributed by atoms with Gasteiger partial charge in [0, 0.05) is 0 Å². The number of allylic oxidation sites excluding steroid dienone is 4. The summed E-state index contributed by atoms with van der Waals surface area (Å²) < 4.78 is 0. The maximum atomic E-state index is 8.84. The summed E-state index contributed by atoms with van der Waals surface area (Å²) in [6.45, 7) is 6.31. The predicted molar refractivity (Wildman–Crippen MR) is 50.4 cm³/mol. The fourth-order valence-corrected chi connectivity index (χ4v) is 1.26. The summed E-state index contributed by atoms with van der Waals surface area (Å²) in [5, 5.41) is 8.84. The van der Waals surface area contributed by atoms with Gasteiger partial charge in [0.1, 0.15) is 0 Å². The Kier molecular flexibility index (Phi) is 2.38. The van der Waals surface area contributed by atoms with Crippen molar-refractivity contribution in [2.45, 2.75) is 27.2 Å². The average molecular weight is 161 g/mol. The highest BCUT2D eigenvalue weighted by atomic mass is 14.3. The largest absolute Gasteiger partial charge is 0.197 e. The number of nitrogens with zero attached hydrogens (tertiary/aromatic N) is 1. The van der Waals surface area contributed by atoms with Crippen LogP contribution in [-0.4, -0.2) is 0 Å². The van der Waals surface area contributed by atoms with Crippen LogP contribution < -0.4 is 0 Å². The summed E-state index contributed by atoms with van der Waals surface area (Å²) in [4.78, 5) is 0. The first kappa shape index (κ1) is 9.06. The van der Waals surface area contributed by atoms with E-state index < -0.39 is 0 Å². The summed E-state index contributed by atoms with van der Waals surface area (Å²) in [7, 11) is 0. The maximum absolute atomic E-state index is 8.84. The van der Waals surface area contributed by atoms with Crippen molar-refractivity contribution in [1.29, 1.82) is 5.26 Å². The van der Waals surface area contributed by atoms with E-state index in [1.807, 2.05) is 13.0 Å². The molecule has 0 aromatic heterocycles. The van der Waals surface area contributed by atoms with Gasteiger partial charge in [0.25, 0.3) is 0 Å². The van der Waals surface area contributed by atoms with E-state index in [2.05, 4.69) is 32.1 Å². The van der Waals surface area contributed by atoms with Crippen LogP contribution in [-0.2, 0) is 0 Å². The number of nitriles is 1. The molecule has 1 heteroatoms. The molecule has 1 aliphatic carbocycles. The Morgan fingerprint density at radius 2 is 2.25 bits per heavy atom. The van der Waals surface area contributed by atoms with Crippen LogP contribution in [0, 0.1) is 22.7 Å². The molecule has 12 heavy (non-hydrogen) atoms. The normalized spacial score (nSPS) is 28.4. The lowest BCUT2D eigenvalue weighted by molar-refractivity contribution is 0.562. The van der Waals surface area contributed by atoms with E-state index in [1.165, 1.54) is 5.57 Å². The zero-order chi connectivity index (χ0) is 9.19. The minimum absolute atomic E-state index is 0.265. The third-order valence-corrected chi connectivity index (χ3v) is 2.33. The van der Waals surface area contributed by atoms with Crippen molar-refractivity contribution in [2.24, 2.45) is 11.3 Å². The SMILES string of the molecule is CC(C)C1=CCC(C)(C#N)C=C1. The lowest BCUT2D eigenvalue weighted by Gasteiger charge is -2.21. The van der Waals surface area contributed by atoms with E-state index >= 15 is 0 Å². The highest BCUT2D eigenvalue weighted by molar-refractivity contribution is 5.30. The van der Waals surface area contributed by atoms with Gasteiger partial charge in [-0.3, -0.25) is 0 Å². The monoisotopic (exact) mass is 161 g/mol. The molecule has 0 saturated carbocycles. The fraction of sp³-hybridized carbons (Fsp3) is 0.545. The Balaban J connectivity index is 2.76. The second-order valence-electron chi connectivity index (χ2n) is 3.93. The molecule has 64 valence electrons. The van der Waals surface area contributed by atoms with Gasteiger partial charge in [0.05, 0.1) is 11.5 Å². The first-order valence-corrected chi connectivity index (χ1v) is 4.38. The topological polar surface area (TPSA) is 23.8 Å². The lowest BCUT2D eigenvalue weighted by Crippen LogP contribution is -2.12. The second-order valence-corrected chi connectivity index (χ2v) is 3.93.